The minimum absolute atomic E-state index is 0.0317. The van der Waals surface area contributed by atoms with Gasteiger partial charge in [0, 0.05) is 102 Å². The molecule has 0 saturated carbocycles. The number of thiazole rings is 1. The van der Waals surface area contributed by atoms with Gasteiger partial charge in [0.25, 0.3) is 11.8 Å². The minimum Gasteiger partial charge on any atom is -0.445 e. The van der Waals surface area contributed by atoms with E-state index in [9.17, 15) is 52.7 Å². The maximum absolute atomic E-state index is 15.0. The number of amides is 9. The Morgan fingerprint density at radius 1 is 0.745 bits per heavy atom. The van der Waals surface area contributed by atoms with Crippen molar-refractivity contribution in [3.8, 4) is 0 Å². The molecule has 3 heterocycles. The second-order valence-corrected chi connectivity index (χ2v) is 27.8. The number of benzene rings is 3. The third-order valence-electron chi connectivity index (χ3n) is 19.0. The predicted molar refractivity (Wildman–Crippen MR) is 370 cm³/mol. The van der Waals surface area contributed by atoms with Gasteiger partial charge in [-0.25, -0.2) is 14.6 Å². The van der Waals surface area contributed by atoms with Crippen molar-refractivity contribution in [3.05, 3.63) is 118 Å². The van der Waals surface area contributed by atoms with E-state index >= 15 is 0 Å². The van der Waals surface area contributed by atoms with E-state index in [4.69, 9.17) is 24.8 Å². The smallest absolute Gasteiger partial charge is 0.410 e. The molecule has 0 unspecified atom stereocenters. The molecule has 1 aromatic heterocycles. The van der Waals surface area contributed by atoms with Crippen molar-refractivity contribution >= 4 is 81.9 Å². The van der Waals surface area contributed by atoms with Crippen molar-refractivity contribution in [3.63, 3.8) is 0 Å². The Balaban J connectivity index is 1.04. The molecular formula is C73H101N9O15S. The van der Waals surface area contributed by atoms with E-state index in [1.54, 1.807) is 75.5 Å². The molecule has 9 amide bonds. The molecule has 0 radical (unpaired) electrons. The summed E-state index contributed by atoms with van der Waals surface area (Å²) in [5.74, 6) is -7.70. The van der Waals surface area contributed by atoms with Crippen LogP contribution in [-0.2, 0) is 65.6 Å². The molecule has 4 aromatic rings. The molecule has 534 valence electrons. The number of nitrogens with zero attached hydrogens (tertiary/aromatic N) is 5. The number of nitrogens with two attached hydrogens (primary N) is 1. The Morgan fingerprint density at radius 2 is 1.40 bits per heavy atom. The Labute approximate surface area is 580 Å². The fraction of sp³-hybridized carbons (Fsp3) is 0.562. The summed E-state index contributed by atoms with van der Waals surface area (Å²) in [6, 6.07) is 18.8. The number of rotatable bonds is 39. The number of nitrogens with one attached hydrogen (secondary N) is 3. The molecule has 6 rings (SSSR count). The summed E-state index contributed by atoms with van der Waals surface area (Å²) >= 11 is 1.53. The van der Waals surface area contributed by atoms with E-state index in [0.29, 0.717) is 42.1 Å². The van der Waals surface area contributed by atoms with Gasteiger partial charge in [0.05, 0.1) is 58.9 Å². The summed E-state index contributed by atoms with van der Waals surface area (Å²) in [6.07, 6.45) is 2.49. The van der Waals surface area contributed by atoms with Crippen LogP contribution >= 0.6 is 11.3 Å². The lowest BCUT2D eigenvalue weighted by molar-refractivity contribution is -0.149. The van der Waals surface area contributed by atoms with Crippen molar-refractivity contribution in [2.75, 3.05) is 53.3 Å². The number of methoxy groups -OCH3 is 2. The van der Waals surface area contributed by atoms with Crippen LogP contribution in [0.25, 0.3) is 0 Å². The number of anilines is 1. The molecule has 0 spiro atoms. The van der Waals surface area contributed by atoms with Gasteiger partial charge in [-0.15, -0.1) is 16.4 Å². The summed E-state index contributed by atoms with van der Waals surface area (Å²) in [5, 5.41) is 11.2. The minimum atomic E-state index is -1.09. The molecule has 98 heavy (non-hydrogen) atoms. The van der Waals surface area contributed by atoms with E-state index < -0.39 is 102 Å². The number of primary amides is 1. The normalized spacial score (nSPS) is 16.8. The number of carbonyl (C=O) groups is 11. The molecule has 25 heteroatoms. The monoisotopic (exact) mass is 1380 g/mol. The van der Waals surface area contributed by atoms with E-state index in [2.05, 4.69) is 33.1 Å². The average Bonchev–Trinajstić information content (AvgIpc) is 1.60. The highest BCUT2D eigenvalue weighted by Gasteiger charge is 2.45. The molecule has 1 fully saturated rings. The zero-order chi connectivity index (χ0) is 72.1. The van der Waals surface area contributed by atoms with Crippen LogP contribution in [0.3, 0.4) is 0 Å². The maximum Gasteiger partial charge on any atom is 0.410 e. The quantitative estimate of drug-likeness (QED) is 0.0239. The number of carbonyl (C=O) groups excluding carboxylic acids is 11. The summed E-state index contributed by atoms with van der Waals surface area (Å²) in [7, 11) is 6.29. The SMILES string of the molecule is CC[C@H](C)[C@@H]([C@@H](CC(=O)N1CCC[C@H]1[C@H](OC)[C@@H](C)C(=O)C[C@@H](Cc1ccccc1)c1nccs1)OC)N(C)C(=O)[C@@H](CC(=O)[C@H](C(C)C)N(C)C(=O)OCc1ccc(NC(=O)[C@H](CCCNC(N)=O)CC(=O)[C@@H](NC(=O)CON2C(=O)c3ccccc3C2=O)C(C)C)cc1)C(C)C. The first kappa shape index (κ1) is 78.7. The number of imide groups is 1. The Morgan fingerprint density at radius 3 is 1.97 bits per heavy atom. The molecular weight excluding hydrogens is 1270 g/mol. The molecule has 1 saturated heterocycles. The van der Waals surface area contributed by atoms with Gasteiger partial charge in [0.15, 0.2) is 18.2 Å². The first-order chi connectivity index (χ1) is 46.6. The Kier molecular flexibility index (Phi) is 30.2. The third kappa shape index (κ3) is 21.1. The number of fused-ring (bicyclic) bond motifs is 1. The third-order valence-corrected chi connectivity index (χ3v) is 19.9. The van der Waals surface area contributed by atoms with Gasteiger partial charge in [0.1, 0.15) is 12.4 Å². The lowest BCUT2D eigenvalue weighted by atomic mass is 9.83. The maximum atomic E-state index is 15.0. The second-order valence-electron chi connectivity index (χ2n) is 26.9. The molecule has 24 nitrogen and oxygen atoms in total. The van der Waals surface area contributed by atoms with Gasteiger partial charge in [-0.2, -0.15) is 0 Å². The highest BCUT2D eigenvalue weighted by Crippen LogP contribution is 2.35. The Hall–Kier alpha value is -8.26. The first-order valence-corrected chi connectivity index (χ1v) is 34.9. The standard InChI is InChI=1S/C73H101N9O15S/c1-14-46(8)65(60(94-12)40-62(87)81-34-21-27-56(81)66(95-13)47(9)57(83)38-51(68-75-33-35-98-68)36-48-22-16-15-17-23-48)79(10)69(89)55(43(2)3)39-59(85)64(45(6)7)80(11)73(93)96-41-49-28-30-52(31-29-49)77-67(88)50(24-20-32-76-72(74)92)37-58(84)63(44(4)5)78-61(86)42-97-82-70(90)53-25-18-19-26-54(53)71(82)91/h15-19,22-23,25-26,28-31,33,35,43-47,50-51,55-56,60,63-66H,14,20-21,24,27,32,34,36-42H2,1-13H3,(H,77,88)(H,78,86)(H3,74,76,92)/t46-,47-,50+,51+,55-,56-,60+,63-,64-,65-,66+/m0/s1. The lowest BCUT2D eigenvalue weighted by Gasteiger charge is -2.41. The zero-order valence-electron chi connectivity index (χ0n) is 59.0. The summed E-state index contributed by atoms with van der Waals surface area (Å²) in [6.45, 7) is 16.3. The lowest BCUT2D eigenvalue weighted by Crippen LogP contribution is -2.54. The number of hydroxylamine groups is 2. The molecule has 5 N–H and O–H groups in total. The van der Waals surface area contributed by atoms with Crippen molar-refractivity contribution in [1.29, 1.82) is 0 Å². The number of ether oxygens (including phenoxy) is 3. The van der Waals surface area contributed by atoms with E-state index in [0.717, 1.165) is 17.0 Å². The van der Waals surface area contributed by atoms with E-state index in [1.807, 2.05) is 76.9 Å². The fourth-order valence-electron chi connectivity index (χ4n) is 13.4. The number of hydrogen-bond donors (Lipinski definition) is 4. The van der Waals surface area contributed by atoms with Gasteiger partial charge in [0.2, 0.25) is 23.6 Å². The van der Waals surface area contributed by atoms with Crippen molar-refractivity contribution in [2.24, 2.45) is 47.2 Å². The molecule has 0 bridgehead atoms. The average molecular weight is 1380 g/mol. The topological polar surface area (TPSA) is 313 Å². The van der Waals surface area contributed by atoms with Gasteiger partial charge >= 0.3 is 12.1 Å². The molecule has 0 aliphatic carbocycles. The highest BCUT2D eigenvalue weighted by molar-refractivity contribution is 7.09. The van der Waals surface area contributed by atoms with Crippen molar-refractivity contribution in [2.45, 2.75) is 175 Å². The van der Waals surface area contributed by atoms with Gasteiger partial charge in [-0.3, -0.25) is 48.0 Å². The van der Waals surface area contributed by atoms with Crippen LogP contribution in [-0.4, -0.2) is 174 Å². The van der Waals surface area contributed by atoms with Gasteiger partial charge in [-0.05, 0) is 91.2 Å². The number of aromatic nitrogens is 1. The number of ketones is 3. The molecule has 11 atom stereocenters. The van der Waals surface area contributed by atoms with Crippen LogP contribution < -0.4 is 21.7 Å². The first-order valence-electron chi connectivity index (χ1n) is 34.0. The van der Waals surface area contributed by atoms with E-state index in [1.165, 1.54) is 42.5 Å². The number of hydrogen-bond acceptors (Lipinski definition) is 17. The van der Waals surface area contributed by atoms with Crippen LogP contribution in [0.2, 0.25) is 0 Å². The highest BCUT2D eigenvalue weighted by atomic mass is 32.1. The number of likely N-dealkylation sites (tertiary alicyclic amines) is 1. The molecule has 2 aliphatic rings. The molecule has 2 aliphatic heterocycles. The van der Waals surface area contributed by atoms with Gasteiger partial charge < -0.3 is 50.6 Å². The largest absolute Gasteiger partial charge is 0.445 e. The van der Waals surface area contributed by atoms with Crippen LogP contribution in [0.5, 0.6) is 0 Å². The summed E-state index contributed by atoms with van der Waals surface area (Å²) < 4.78 is 18.0. The fourth-order valence-corrected chi connectivity index (χ4v) is 14.1. The van der Waals surface area contributed by atoms with Crippen LogP contribution in [0.1, 0.15) is 163 Å². The van der Waals surface area contributed by atoms with Crippen LogP contribution in [0.4, 0.5) is 15.3 Å². The zero-order valence-corrected chi connectivity index (χ0v) is 59.8. The summed E-state index contributed by atoms with van der Waals surface area (Å²) in [4.78, 5) is 165. The van der Waals surface area contributed by atoms with Crippen molar-refractivity contribution < 1.29 is 71.8 Å². The number of likely N-dealkylation sites (N-methyl/N-ethyl adjacent to an activating group) is 2. The second kappa shape index (κ2) is 37.6. The van der Waals surface area contributed by atoms with Crippen LogP contribution in [0.15, 0.2) is 90.4 Å². The van der Waals surface area contributed by atoms with Crippen molar-refractivity contribution in [1.82, 2.24) is 35.4 Å². The predicted octanol–water partition coefficient (Wildman–Crippen LogP) is 9.20. The Bertz CT molecular complexity index is 3330. The van der Waals surface area contributed by atoms with Gasteiger partial charge in [-0.1, -0.05) is 123 Å². The number of Topliss-reactive ketones (excluding diaryl/α,β-unsaturated/α-hetero) is 3. The summed E-state index contributed by atoms with van der Waals surface area (Å²) in [5.41, 5.74) is 7.51. The van der Waals surface area contributed by atoms with Crippen LogP contribution in [0, 0.1) is 41.4 Å². The molecule has 3 aromatic carbocycles. The number of urea groups is 1. The van der Waals surface area contributed by atoms with E-state index in [-0.39, 0.29) is 116 Å².